The molecule has 4 heterocycles. The number of aromatic nitrogens is 2. The maximum atomic E-state index is 13.2. The minimum Gasteiger partial charge on any atom is -0.348 e. The van der Waals surface area contributed by atoms with E-state index in [2.05, 4.69) is 41.4 Å². The van der Waals surface area contributed by atoms with Gasteiger partial charge in [-0.25, -0.2) is 9.97 Å². The highest BCUT2D eigenvalue weighted by Gasteiger charge is 2.44. The molecule has 0 bridgehead atoms. The normalized spacial score (nSPS) is 21.0. The van der Waals surface area contributed by atoms with Gasteiger partial charge in [-0.05, 0) is 66.0 Å². The Kier molecular flexibility index (Phi) is 6.13. The molecule has 2 saturated heterocycles. The second-order valence-electron chi connectivity index (χ2n) is 8.63. The van der Waals surface area contributed by atoms with Gasteiger partial charge in [-0.2, -0.15) is 0 Å². The Labute approximate surface area is 204 Å². The topological polar surface area (TPSA) is 125 Å². The highest BCUT2D eigenvalue weighted by atomic mass is 79.9. The lowest BCUT2D eigenvalue weighted by atomic mass is 10.0. The third-order valence-electron chi connectivity index (χ3n) is 6.51. The van der Waals surface area contributed by atoms with Crippen LogP contribution in [0.2, 0.25) is 0 Å². The molecule has 0 aliphatic carbocycles. The van der Waals surface area contributed by atoms with Gasteiger partial charge in [-0.15, -0.1) is 0 Å². The van der Waals surface area contributed by atoms with E-state index in [0.29, 0.717) is 11.1 Å². The second-order valence-corrected chi connectivity index (χ2v) is 9.45. The number of amides is 4. The maximum absolute atomic E-state index is 13.2. The van der Waals surface area contributed by atoms with E-state index in [1.54, 1.807) is 24.5 Å². The van der Waals surface area contributed by atoms with Gasteiger partial charge in [0.2, 0.25) is 11.8 Å². The van der Waals surface area contributed by atoms with Gasteiger partial charge in [0.05, 0.1) is 23.5 Å². The molecule has 10 nitrogen and oxygen atoms in total. The average molecular weight is 527 g/mol. The van der Waals surface area contributed by atoms with Crippen LogP contribution in [0.4, 0.5) is 5.82 Å². The summed E-state index contributed by atoms with van der Waals surface area (Å²) in [6, 6.07) is 4.48. The summed E-state index contributed by atoms with van der Waals surface area (Å²) < 4.78 is 0.650. The summed E-state index contributed by atoms with van der Waals surface area (Å²) >= 11 is 3.33. The van der Waals surface area contributed by atoms with Crippen molar-refractivity contribution in [2.45, 2.75) is 44.3 Å². The molecule has 1 unspecified atom stereocenters. The van der Waals surface area contributed by atoms with E-state index in [1.807, 2.05) is 6.07 Å². The largest absolute Gasteiger partial charge is 0.348 e. The van der Waals surface area contributed by atoms with Crippen molar-refractivity contribution in [2.75, 3.05) is 18.0 Å². The molecule has 2 aromatic rings. The van der Waals surface area contributed by atoms with E-state index < -0.39 is 29.7 Å². The number of hydrogen-bond donors (Lipinski definition) is 2. The first kappa shape index (κ1) is 22.6. The monoisotopic (exact) mass is 526 g/mol. The first-order chi connectivity index (χ1) is 16.4. The zero-order chi connectivity index (χ0) is 23.8. The second kappa shape index (κ2) is 9.22. The lowest BCUT2D eigenvalue weighted by molar-refractivity contribution is -0.136. The average Bonchev–Trinajstić information content (AvgIpc) is 3.08. The molecule has 0 spiro atoms. The van der Waals surface area contributed by atoms with Crippen molar-refractivity contribution in [3.05, 3.63) is 51.9 Å². The molecule has 176 valence electrons. The fraction of sp³-hybridized carbons (Fsp3) is 0.391. The number of carbonyl (C=O) groups excluding carboxylic acids is 4. The van der Waals surface area contributed by atoms with Gasteiger partial charge in [0.15, 0.2) is 0 Å². The van der Waals surface area contributed by atoms with E-state index in [4.69, 9.17) is 0 Å². The van der Waals surface area contributed by atoms with Crippen LogP contribution in [-0.2, 0) is 16.1 Å². The number of nitrogens with one attached hydrogen (secondary N) is 2. The van der Waals surface area contributed by atoms with Crippen LogP contribution in [0.15, 0.2) is 35.2 Å². The van der Waals surface area contributed by atoms with E-state index in [1.165, 1.54) is 0 Å². The molecule has 0 radical (unpaired) electrons. The van der Waals surface area contributed by atoms with Crippen molar-refractivity contribution in [2.24, 2.45) is 0 Å². The number of hydrogen-bond acceptors (Lipinski definition) is 8. The molecule has 4 amide bonds. The molecule has 1 atom stereocenters. The van der Waals surface area contributed by atoms with Crippen molar-refractivity contribution >= 4 is 45.4 Å². The molecule has 2 N–H and O–H groups in total. The quantitative estimate of drug-likeness (QED) is 0.560. The summed E-state index contributed by atoms with van der Waals surface area (Å²) in [6.45, 7) is 2.31. The van der Waals surface area contributed by atoms with Crippen LogP contribution in [0.25, 0.3) is 0 Å². The summed E-state index contributed by atoms with van der Waals surface area (Å²) in [5.41, 5.74) is 1.41. The van der Waals surface area contributed by atoms with Crippen molar-refractivity contribution in [1.29, 1.82) is 0 Å². The third-order valence-corrected chi connectivity index (χ3v) is 6.92. The molecular formula is C23H23BrN6O4. The standard InChI is InChI=1S/C23H23BrN6O4/c24-18-10-27-19(11-26-18)29(14-5-7-25-8-6-14)12-13-1-2-15-16(9-13)23(34)30(22(15)33)17-3-4-20(31)28-21(17)32/h1-2,9-11,14,17,25H,3-8,12H2,(H,28,31,32). The van der Waals surface area contributed by atoms with Crippen LogP contribution in [0.5, 0.6) is 0 Å². The van der Waals surface area contributed by atoms with Crippen LogP contribution in [-0.4, -0.2) is 63.7 Å². The number of carbonyl (C=O) groups is 4. The number of nitrogens with zero attached hydrogens (tertiary/aromatic N) is 4. The molecule has 3 aliphatic heterocycles. The Balaban J connectivity index is 1.42. The fourth-order valence-electron chi connectivity index (χ4n) is 4.78. The number of halogens is 1. The lowest BCUT2D eigenvalue weighted by Crippen LogP contribution is -2.54. The minimum atomic E-state index is -0.974. The third kappa shape index (κ3) is 4.21. The van der Waals surface area contributed by atoms with Gasteiger partial charge < -0.3 is 10.2 Å². The number of benzene rings is 1. The highest BCUT2D eigenvalue weighted by molar-refractivity contribution is 9.10. The molecule has 0 saturated carbocycles. The van der Waals surface area contributed by atoms with E-state index in [9.17, 15) is 19.2 Å². The lowest BCUT2D eigenvalue weighted by Gasteiger charge is -2.35. The minimum absolute atomic E-state index is 0.0918. The fourth-order valence-corrected chi connectivity index (χ4v) is 4.99. The summed E-state index contributed by atoms with van der Waals surface area (Å²) in [6.07, 6.45) is 5.50. The number of piperidine rings is 2. The number of rotatable bonds is 5. The highest BCUT2D eigenvalue weighted by Crippen LogP contribution is 2.30. The SMILES string of the molecule is O=C1CCC(N2C(=O)c3ccc(CN(c4cnc(Br)cn4)C4CCNCC4)cc3C2=O)C(=O)N1. The van der Waals surface area contributed by atoms with Gasteiger partial charge in [0.1, 0.15) is 16.5 Å². The smallest absolute Gasteiger partial charge is 0.262 e. The Morgan fingerprint density at radius 2 is 1.76 bits per heavy atom. The van der Waals surface area contributed by atoms with Gasteiger partial charge in [0.25, 0.3) is 11.8 Å². The zero-order valence-corrected chi connectivity index (χ0v) is 19.9. The summed E-state index contributed by atoms with van der Waals surface area (Å²) in [4.78, 5) is 61.9. The van der Waals surface area contributed by atoms with Crippen LogP contribution >= 0.6 is 15.9 Å². The van der Waals surface area contributed by atoms with Gasteiger partial charge in [-0.3, -0.25) is 29.4 Å². The molecular weight excluding hydrogens is 504 g/mol. The Hall–Kier alpha value is -3.18. The molecule has 11 heteroatoms. The van der Waals surface area contributed by atoms with Crippen LogP contribution < -0.4 is 15.5 Å². The number of fused-ring (bicyclic) bond motifs is 1. The Morgan fingerprint density at radius 1 is 1.00 bits per heavy atom. The molecule has 5 rings (SSSR count). The van der Waals surface area contributed by atoms with E-state index >= 15 is 0 Å². The maximum Gasteiger partial charge on any atom is 0.262 e. The van der Waals surface area contributed by atoms with E-state index in [-0.39, 0.29) is 30.0 Å². The summed E-state index contributed by atoms with van der Waals surface area (Å²) in [5, 5.41) is 5.59. The van der Waals surface area contributed by atoms with Crippen LogP contribution in [0, 0.1) is 0 Å². The molecule has 3 aliphatic rings. The van der Waals surface area contributed by atoms with Gasteiger partial charge in [-0.1, -0.05) is 6.07 Å². The Bertz CT molecular complexity index is 1160. The van der Waals surface area contributed by atoms with Crippen molar-refractivity contribution in [3.63, 3.8) is 0 Å². The first-order valence-electron chi connectivity index (χ1n) is 11.2. The van der Waals surface area contributed by atoms with E-state index in [0.717, 1.165) is 42.2 Å². The van der Waals surface area contributed by atoms with Crippen LogP contribution in [0.3, 0.4) is 0 Å². The molecule has 2 fully saturated rings. The number of imide groups is 2. The van der Waals surface area contributed by atoms with Crippen molar-refractivity contribution < 1.29 is 19.2 Å². The summed E-state index contributed by atoms with van der Waals surface area (Å²) in [5.74, 6) is -1.28. The molecule has 34 heavy (non-hydrogen) atoms. The first-order valence-corrected chi connectivity index (χ1v) is 12.0. The summed E-state index contributed by atoms with van der Waals surface area (Å²) in [7, 11) is 0. The van der Waals surface area contributed by atoms with Crippen LogP contribution in [0.1, 0.15) is 52.0 Å². The Morgan fingerprint density at radius 3 is 2.47 bits per heavy atom. The predicted octanol–water partition coefficient (Wildman–Crippen LogP) is 1.40. The van der Waals surface area contributed by atoms with Gasteiger partial charge in [0, 0.05) is 19.0 Å². The van der Waals surface area contributed by atoms with Gasteiger partial charge >= 0.3 is 0 Å². The zero-order valence-electron chi connectivity index (χ0n) is 18.3. The van der Waals surface area contributed by atoms with Crippen molar-refractivity contribution in [1.82, 2.24) is 25.5 Å². The molecule has 1 aromatic heterocycles. The number of anilines is 1. The molecule has 1 aromatic carbocycles. The predicted molar refractivity (Wildman–Crippen MR) is 125 cm³/mol. The van der Waals surface area contributed by atoms with Crippen molar-refractivity contribution in [3.8, 4) is 0 Å².